The number of nitrogens with one attached hydrogen (secondary N) is 1. The van der Waals surface area contributed by atoms with Crippen molar-refractivity contribution in [3.63, 3.8) is 0 Å². The lowest BCUT2D eigenvalue weighted by Gasteiger charge is -2.32. The van der Waals surface area contributed by atoms with Crippen LogP contribution in [0.3, 0.4) is 0 Å². The molecule has 1 aliphatic heterocycles. The van der Waals surface area contributed by atoms with E-state index in [-0.39, 0.29) is 17.9 Å². The lowest BCUT2D eigenvalue weighted by Crippen LogP contribution is -2.45. The van der Waals surface area contributed by atoms with Gasteiger partial charge in [0.2, 0.25) is 5.91 Å². The molecule has 0 radical (unpaired) electrons. The van der Waals surface area contributed by atoms with Gasteiger partial charge in [-0.25, -0.2) is 0 Å². The summed E-state index contributed by atoms with van der Waals surface area (Å²) in [5.41, 5.74) is 5.74. The molecule has 4 heteroatoms. The molecule has 14 heavy (non-hydrogen) atoms. The Morgan fingerprint density at radius 2 is 2.43 bits per heavy atom. The lowest BCUT2D eigenvalue weighted by molar-refractivity contribution is -0.126. The largest absolute Gasteiger partial charge is 0.359 e. The van der Waals surface area contributed by atoms with E-state index in [1.165, 1.54) is 0 Å². The first-order valence-corrected chi connectivity index (χ1v) is 5.33. The molecular formula is C10H21N3O. The Labute approximate surface area is 85.8 Å². The molecule has 0 bridgehead atoms. The first kappa shape index (κ1) is 11.5. The fourth-order valence-electron chi connectivity index (χ4n) is 2.05. The number of likely N-dealkylation sites (tertiary alicyclic amines) is 1. The summed E-state index contributed by atoms with van der Waals surface area (Å²) in [5.74, 6) is 0.326. The van der Waals surface area contributed by atoms with Crippen LogP contribution in [0.4, 0.5) is 0 Å². The van der Waals surface area contributed by atoms with Gasteiger partial charge in [-0.2, -0.15) is 0 Å². The molecule has 1 heterocycles. The highest BCUT2D eigenvalue weighted by molar-refractivity contribution is 5.78. The first-order valence-electron chi connectivity index (χ1n) is 5.33. The van der Waals surface area contributed by atoms with Gasteiger partial charge in [0.25, 0.3) is 0 Å². The van der Waals surface area contributed by atoms with Gasteiger partial charge in [0.1, 0.15) is 0 Å². The van der Waals surface area contributed by atoms with Crippen LogP contribution >= 0.6 is 0 Å². The number of hydrogen-bond donors (Lipinski definition) is 2. The summed E-state index contributed by atoms with van der Waals surface area (Å²) in [6, 6.07) is 0.193. The normalized spacial score (nSPS) is 25.8. The van der Waals surface area contributed by atoms with Crippen LogP contribution in [0.15, 0.2) is 0 Å². The second-order valence-electron chi connectivity index (χ2n) is 4.19. The zero-order valence-corrected chi connectivity index (χ0v) is 9.12. The summed E-state index contributed by atoms with van der Waals surface area (Å²) < 4.78 is 0. The summed E-state index contributed by atoms with van der Waals surface area (Å²) in [5, 5.41) is 2.71. The van der Waals surface area contributed by atoms with E-state index < -0.39 is 0 Å². The van der Waals surface area contributed by atoms with Gasteiger partial charge in [-0.1, -0.05) is 0 Å². The van der Waals surface area contributed by atoms with Crippen LogP contribution in [0.5, 0.6) is 0 Å². The molecule has 1 fully saturated rings. The van der Waals surface area contributed by atoms with E-state index in [0.717, 1.165) is 32.5 Å². The summed E-state index contributed by atoms with van der Waals surface area (Å²) in [6.07, 6.45) is 2.11. The van der Waals surface area contributed by atoms with Gasteiger partial charge < -0.3 is 16.0 Å². The van der Waals surface area contributed by atoms with Crippen molar-refractivity contribution in [3.8, 4) is 0 Å². The number of rotatable bonds is 3. The van der Waals surface area contributed by atoms with Crippen molar-refractivity contribution in [2.75, 3.05) is 26.7 Å². The second kappa shape index (κ2) is 5.32. The van der Waals surface area contributed by atoms with E-state index in [0.29, 0.717) is 0 Å². The van der Waals surface area contributed by atoms with Gasteiger partial charge >= 0.3 is 0 Å². The van der Waals surface area contributed by atoms with Crippen LogP contribution in [-0.2, 0) is 4.79 Å². The van der Waals surface area contributed by atoms with E-state index in [9.17, 15) is 4.79 Å². The molecule has 2 unspecified atom stereocenters. The third-order valence-electron chi connectivity index (χ3n) is 2.67. The molecule has 1 rings (SSSR count). The van der Waals surface area contributed by atoms with Crippen LogP contribution in [0.25, 0.3) is 0 Å². The zero-order chi connectivity index (χ0) is 10.6. The maximum absolute atomic E-state index is 11.4. The minimum absolute atomic E-state index is 0.160. The molecule has 82 valence electrons. The Kier molecular flexibility index (Phi) is 4.35. The van der Waals surface area contributed by atoms with Crippen molar-refractivity contribution < 1.29 is 4.79 Å². The number of carbonyl (C=O) groups is 1. The maximum Gasteiger partial charge on any atom is 0.224 e. The Morgan fingerprint density at radius 1 is 1.71 bits per heavy atom. The molecule has 1 amide bonds. The molecule has 0 aromatic heterocycles. The van der Waals surface area contributed by atoms with Crippen molar-refractivity contribution in [1.82, 2.24) is 10.2 Å². The average Bonchev–Trinajstić information content (AvgIpc) is 2.16. The smallest absolute Gasteiger partial charge is 0.224 e. The van der Waals surface area contributed by atoms with Crippen molar-refractivity contribution in [3.05, 3.63) is 0 Å². The highest BCUT2D eigenvalue weighted by atomic mass is 16.1. The van der Waals surface area contributed by atoms with Crippen LogP contribution in [0.1, 0.15) is 19.8 Å². The number of carbonyl (C=O) groups excluding carboxylic acids is 1. The standard InChI is InChI=1S/C10H21N3O/c1-8(11)6-13-5-3-4-9(7-13)10(14)12-2/h8-9H,3-7,11H2,1-2H3,(H,12,14). The average molecular weight is 199 g/mol. The minimum Gasteiger partial charge on any atom is -0.359 e. The van der Waals surface area contributed by atoms with E-state index in [4.69, 9.17) is 5.73 Å². The summed E-state index contributed by atoms with van der Waals surface area (Å²) >= 11 is 0. The monoisotopic (exact) mass is 199 g/mol. The fraction of sp³-hybridized carbons (Fsp3) is 0.900. The van der Waals surface area contributed by atoms with E-state index in [1.54, 1.807) is 7.05 Å². The molecule has 3 N–H and O–H groups in total. The van der Waals surface area contributed by atoms with Crippen LogP contribution in [0.2, 0.25) is 0 Å². The number of amides is 1. The van der Waals surface area contributed by atoms with Crippen molar-refractivity contribution in [2.45, 2.75) is 25.8 Å². The molecule has 1 aliphatic rings. The lowest BCUT2D eigenvalue weighted by atomic mass is 9.97. The fourth-order valence-corrected chi connectivity index (χ4v) is 2.05. The van der Waals surface area contributed by atoms with Gasteiger partial charge in [0.15, 0.2) is 0 Å². The van der Waals surface area contributed by atoms with Crippen molar-refractivity contribution in [2.24, 2.45) is 11.7 Å². The van der Waals surface area contributed by atoms with E-state index >= 15 is 0 Å². The molecular weight excluding hydrogens is 178 g/mol. The van der Waals surface area contributed by atoms with E-state index in [1.807, 2.05) is 6.92 Å². The van der Waals surface area contributed by atoms with Gasteiger partial charge in [0.05, 0.1) is 5.92 Å². The Bertz CT molecular complexity index is 194. The summed E-state index contributed by atoms with van der Waals surface area (Å²) in [7, 11) is 1.70. The SMILES string of the molecule is CNC(=O)C1CCCN(CC(C)N)C1. The maximum atomic E-state index is 11.4. The highest BCUT2D eigenvalue weighted by Gasteiger charge is 2.24. The Hall–Kier alpha value is -0.610. The predicted octanol–water partition coefficient (Wildman–Crippen LogP) is -0.208. The van der Waals surface area contributed by atoms with Crippen LogP contribution in [-0.4, -0.2) is 43.5 Å². The van der Waals surface area contributed by atoms with Gasteiger partial charge in [0, 0.05) is 26.2 Å². The molecule has 0 aliphatic carbocycles. The summed E-state index contributed by atoms with van der Waals surface area (Å²) in [4.78, 5) is 13.7. The zero-order valence-electron chi connectivity index (χ0n) is 9.12. The Morgan fingerprint density at radius 3 is 3.00 bits per heavy atom. The highest BCUT2D eigenvalue weighted by Crippen LogP contribution is 2.16. The number of nitrogens with two attached hydrogens (primary N) is 1. The van der Waals surface area contributed by atoms with Gasteiger partial charge in [-0.05, 0) is 26.3 Å². The van der Waals surface area contributed by atoms with E-state index in [2.05, 4.69) is 10.2 Å². The van der Waals surface area contributed by atoms with Crippen LogP contribution < -0.4 is 11.1 Å². The predicted molar refractivity (Wildman–Crippen MR) is 56.9 cm³/mol. The molecule has 0 aromatic carbocycles. The molecule has 0 spiro atoms. The third kappa shape index (κ3) is 3.27. The second-order valence-corrected chi connectivity index (χ2v) is 4.19. The summed E-state index contributed by atoms with van der Waals surface area (Å²) in [6.45, 7) is 4.84. The van der Waals surface area contributed by atoms with Crippen molar-refractivity contribution >= 4 is 5.91 Å². The van der Waals surface area contributed by atoms with Gasteiger partial charge in [-0.3, -0.25) is 4.79 Å². The third-order valence-corrected chi connectivity index (χ3v) is 2.67. The molecule has 0 saturated carbocycles. The Balaban J connectivity index is 2.39. The molecule has 1 saturated heterocycles. The quantitative estimate of drug-likeness (QED) is 0.661. The number of hydrogen-bond acceptors (Lipinski definition) is 3. The molecule has 2 atom stereocenters. The molecule has 0 aromatic rings. The van der Waals surface area contributed by atoms with Crippen molar-refractivity contribution in [1.29, 1.82) is 0 Å². The first-order chi connectivity index (χ1) is 6.63. The minimum atomic E-state index is 0.160. The van der Waals surface area contributed by atoms with Crippen LogP contribution in [0, 0.1) is 5.92 Å². The topological polar surface area (TPSA) is 58.4 Å². The number of nitrogens with zero attached hydrogens (tertiary/aromatic N) is 1. The molecule has 4 nitrogen and oxygen atoms in total. The van der Waals surface area contributed by atoms with Gasteiger partial charge in [-0.15, -0.1) is 0 Å². The number of piperidine rings is 1.